The number of hydrogen-bond acceptors (Lipinski definition) is 4. The molecule has 0 aromatic heterocycles. The van der Waals surface area contributed by atoms with Crippen LogP contribution in [0.5, 0.6) is 0 Å². The Balaban J connectivity index is 2.19. The molecule has 2 saturated carbocycles. The maximum atomic E-state index is 11.9. The summed E-state index contributed by atoms with van der Waals surface area (Å²) in [6.45, 7) is 8.96. The van der Waals surface area contributed by atoms with Crippen molar-refractivity contribution < 1.29 is 24.4 Å². The second-order valence-corrected chi connectivity index (χ2v) is 10.4. The molecule has 0 spiro atoms. The number of aliphatic carboxylic acids is 1. The van der Waals surface area contributed by atoms with Crippen LogP contribution in [0, 0.1) is 34.5 Å². The van der Waals surface area contributed by atoms with Crippen molar-refractivity contribution in [2.24, 2.45) is 40.2 Å². The van der Waals surface area contributed by atoms with Crippen LogP contribution in [0.4, 0.5) is 0 Å². The van der Waals surface area contributed by atoms with Gasteiger partial charge in [0.2, 0.25) is 5.91 Å². The topological polar surface area (TPSA) is 118 Å². The largest absolute Gasteiger partial charge is 0.481 e. The normalized spacial score (nSPS) is 34.3. The standard InChI is InChI=1S/C19H32NO5P/c1-11(14-9-12-7-8-18(14,4)17(12,2)3)10-19(24,26-25)13(16(22)23)5-6-15(20)21/h11-14,24H,5-10H2,1-4H3,(H2,20,21)(H,22,23)/p+1. The van der Waals surface area contributed by atoms with Gasteiger partial charge >= 0.3 is 14.4 Å². The predicted molar refractivity (Wildman–Crippen MR) is 100 cm³/mol. The van der Waals surface area contributed by atoms with Crippen LogP contribution in [0.2, 0.25) is 0 Å². The Morgan fingerprint density at radius 2 is 1.96 bits per heavy atom. The van der Waals surface area contributed by atoms with Crippen LogP contribution in [-0.4, -0.2) is 27.4 Å². The molecular weight excluding hydrogens is 353 g/mol. The number of carboxylic acids is 1. The lowest BCUT2D eigenvalue weighted by molar-refractivity contribution is -0.148. The number of amides is 1. The SMILES string of the molecule is CC(CC(O)([PH+]=O)C(CCC(N)=O)C(=O)O)C1CC2CCC1(C)C2(C)C. The lowest BCUT2D eigenvalue weighted by Gasteiger charge is -2.42. The first-order chi connectivity index (χ1) is 11.9. The summed E-state index contributed by atoms with van der Waals surface area (Å²) in [5.74, 6) is -2.05. The molecule has 148 valence electrons. The fraction of sp³-hybridized carbons (Fsp3) is 0.895. The first-order valence-corrected chi connectivity index (χ1v) is 10.4. The van der Waals surface area contributed by atoms with Crippen molar-refractivity contribution in [3.63, 3.8) is 0 Å². The summed E-state index contributed by atoms with van der Waals surface area (Å²) in [7, 11) is -1.16. The molecular formula is C19H33NO5P+. The van der Waals surface area contributed by atoms with Crippen molar-refractivity contribution >= 4 is 20.3 Å². The molecule has 0 aromatic rings. The number of carbonyl (C=O) groups is 2. The number of aliphatic hydroxyl groups is 1. The van der Waals surface area contributed by atoms with Gasteiger partial charge in [-0.1, -0.05) is 32.3 Å². The smallest absolute Gasteiger partial charge is 0.360 e. The van der Waals surface area contributed by atoms with Crippen molar-refractivity contribution in [1.82, 2.24) is 0 Å². The van der Waals surface area contributed by atoms with Gasteiger partial charge in [-0.15, -0.1) is 0 Å². The number of nitrogens with two attached hydrogens (primary N) is 1. The van der Waals surface area contributed by atoms with E-state index in [0.29, 0.717) is 11.8 Å². The lowest BCUT2D eigenvalue weighted by Crippen LogP contribution is -2.42. The molecule has 1 amide bonds. The summed E-state index contributed by atoms with van der Waals surface area (Å²) in [6.07, 6.45) is 3.35. The third kappa shape index (κ3) is 3.43. The van der Waals surface area contributed by atoms with Crippen molar-refractivity contribution in [1.29, 1.82) is 0 Å². The molecule has 6 nitrogen and oxygen atoms in total. The molecule has 0 heterocycles. The van der Waals surface area contributed by atoms with E-state index in [1.807, 2.05) is 6.92 Å². The van der Waals surface area contributed by atoms with Crippen molar-refractivity contribution in [3.8, 4) is 0 Å². The number of carboxylic acid groups (broad SMARTS) is 1. The Labute approximate surface area is 157 Å². The molecule has 2 aliphatic rings. The van der Waals surface area contributed by atoms with Gasteiger partial charge in [-0.25, -0.2) is 0 Å². The minimum absolute atomic E-state index is 0.0476. The molecule has 7 unspecified atom stereocenters. The number of hydrogen-bond donors (Lipinski definition) is 3. The van der Waals surface area contributed by atoms with Crippen LogP contribution >= 0.6 is 8.46 Å². The molecule has 2 rings (SSSR count). The van der Waals surface area contributed by atoms with E-state index >= 15 is 0 Å². The second-order valence-electron chi connectivity index (χ2n) is 9.32. The van der Waals surface area contributed by atoms with E-state index in [4.69, 9.17) is 5.73 Å². The zero-order valence-electron chi connectivity index (χ0n) is 16.2. The van der Waals surface area contributed by atoms with Crippen molar-refractivity contribution in [2.75, 3.05) is 0 Å². The van der Waals surface area contributed by atoms with Gasteiger partial charge < -0.3 is 15.9 Å². The van der Waals surface area contributed by atoms with E-state index in [9.17, 15) is 24.4 Å². The third-order valence-electron chi connectivity index (χ3n) is 7.91. The first kappa shape index (κ1) is 21.3. The van der Waals surface area contributed by atoms with Gasteiger partial charge in [0.15, 0.2) is 0 Å². The molecule has 2 fully saturated rings. The first-order valence-electron chi connectivity index (χ1n) is 9.52. The van der Waals surface area contributed by atoms with E-state index in [0.717, 1.165) is 12.8 Å². The average Bonchev–Trinajstić information content (AvgIpc) is 2.87. The molecule has 2 aliphatic carbocycles. The van der Waals surface area contributed by atoms with Crippen molar-refractivity contribution in [3.05, 3.63) is 0 Å². The lowest BCUT2D eigenvalue weighted by atomic mass is 9.62. The summed E-state index contributed by atoms with van der Waals surface area (Å²) in [4.78, 5) is 22.7. The van der Waals surface area contributed by atoms with Crippen LogP contribution in [0.25, 0.3) is 0 Å². The monoisotopic (exact) mass is 386 g/mol. The van der Waals surface area contributed by atoms with E-state index in [1.165, 1.54) is 6.42 Å². The highest BCUT2D eigenvalue weighted by molar-refractivity contribution is 7.25. The molecule has 0 saturated heterocycles. The predicted octanol–water partition coefficient (Wildman–Crippen LogP) is 3.15. The number of rotatable bonds is 9. The van der Waals surface area contributed by atoms with Gasteiger partial charge in [-0.3, -0.25) is 9.59 Å². The highest BCUT2D eigenvalue weighted by atomic mass is 31.1. The zero-order valence-corrected chi connectivity index (χ0v) is 17.2. The van der Waals surface area contributed by atoms with Crippen LogP contribution in [-0.2, 0) is 14.2 Å². The van der Waals surface area contributed by atoms with Crippen LogP contribution in [0.15, 0.2) is 0 Å². The summed E-state index contributed by atoms with van der Waals surface area (Å²) in [5.41, 5.74) is 5.50. The van der Waals surface area contributed by atoms with Gasteiger partial charge in [0.05, 0.1) is 0 Å². The molecule has 0 radical (unpaired) electrons. The third-order valence-corrected chi connectivity index (χ3v) is 8.82. The Kier molecular flexibility index (Phi) is 5.90. The van der Waals surface area contributed by atoms with Gasteiger partial charge in [-0.05, 0) is 54.3 Å². The van der Waals surface area contributed by atoms with Gasteiger partial charge in [-0.2, -0.15) is 0 Å². The minimum Gasteiger partial charge on any atom is -0.481 e. The van der Waals surface area contributed by atoms with E-state index in [2.05, 4.69) is 20.8 Å². The number of fused-ring (bicyclic) bond motifs is 2. The Hall–Kier alpha value is -1.00. The summed E-state index contributed by atoms with van der Waals surface area (Å²) in [5, 5.41) is 18.6. The maximum Gasteiger partial charge on any atom is 0.360 e. The quantitative estimate of drug-likeness (QED) is 0.526. The molecule has 7 atom stereocenters. The minimum atomic E-state index is -1.83. The maximum absolute atomic E-state index is 11.9. The molecule has 0 aromatic carbocycles. The van der Waals surface area contributed by atoms with E-state index in [1.54, 1.807) is 0 Å². The van der Waals surface area contributed by atoms with Crippen LogP contribution in [0.1, 0.15) is 66.2 Å². The zero-order chi connectivity index (χ0) is 19.9. The second kappa shape index (κ2) is 7.20. The molecule has 7 heteroatoms. The summed E-state index contributed by atoms with van der Waals surface area (Å²) >= 11 is 0. The van der Waals surface area contributed by atoms with Gasteiger partial charge in [0, 0.05) is 12.8 Å². The summed E-state index contributed by atoms with van der Waals surface area (Å²) in [6, 6.07) is 0. The van der Waals surface area contributed by atoms with Gasteiger partial charge in [0.25, 0.3) is 5.34 Å². The molecule has 2 bridgehead atoms. The fourth-order valence-electron chi connectivity index (χ4n) is 5.87. The Morgan fingerprint density at radius 3 is 2.35 bits per heavy atom. The molecule has 4 N–H and O–H groups in total. The Bertz CT molecular complexity index is 594. The van der Waals surface area contributed by atoms with E-state index < -0.39 is 31.6 Å². The van der Waals surface area contributed by atoms with E-state index in [-0.39, 0.29) is 36.0 Å². The number of carbonyl (C=O) groups excluding carboxylic acids is 1. The molecule has 0 aliphatic heterocycles. The van der Waals surface area contributed by atoms with Crippen LogP contribution in [0.3, 0.4) is 0 Å². The number of primary amides is 1. The average molecular weight is 386 g/mol. The highest BCUT2D eigenvalue weighted by Gasteiger charge is 2.63. The molecule has 26 heavy (non-hydrogen) atoms. The highest BCUT2D eigenvalue weighted by Crippen LogP contribution is 2.70. The summed E-state index contributed by atoms with van der Waals surface area (Å²) < 4.78 is 11.9. The fourth-order valence-corrected chi connectivity index (χ4v) is 6.68. The van der Waals surface area contributed by atoms with Crippen molar-refractivity contribution in [2.45, 2.75) is 71.6 Å². The van der Waals surface area contributed by atoms with Crippen LogP contribution < -0.4 is 5.73 Å². The van der Waals surface area contributed by atoms with Gasteiger partial charge in [0.1, 0.15) is 5.92 Å². The Morgan fingerprint density at radius 1 is 1.35 bits per heavy atom.